The Morgan fingerprint density at radius 3 is 2.65 bits per heavy atom. The van der Waals surface area contributed by atoms with Crippen LogP contribution in [0, 0.1) is 0 Å². The number of epoxide rings is 1. The summed E-state index contributed by atoms with van der Waals surface area (Å²) in [5, 5.41) is 19.8. The number of Topliss-reactive ketones (excluding diaryl/α,β-unsaturated/α-hetero) is 1. The summed E-state index contributed by atoms with van der Waals surface area (Å²) in [6.45, 7) is -0.140. The highest BCUT2D eigenvalue weighted by Gasteiger charge is 2.52. The van der Waals surface area contributed by atoms with Crippen LogP contribution < -0.4 is 0 Å². The van der Waals surface area contributed by atoms with Gasteiger partial charge in [-0.05, 0) is 22.8 Å². The molecule has 6 atom stereocenters. The van der Waals surface area contributed by atoms with Crippen LogP contribution >= 0.6 is 21.2 Å². The van der Waals surface area contributed by atoms with Gasteiger partial charge in [-0.3, -0.25) is 12.7 Å². The number of rotatable bonds is 5. The number of hydrogen-bond donors (Lipinski definition) is 2. The van der Waals surface area contributed by atoms with Crippen molar-refractivity contribution >= 4 is 32.9 Å². The number of amides is 1. The molecule has 9 heteroatoms. The van der Waals surface area contributed by atoms with E-state index in [0.717, 1.165) is 11.1 Å². The number of halogens is 1. The maximum atomic E-state index is 13.0. The van der Waals surface area contributed by atoms with Gasteiger partial charge in [-0.1, -0.05) is 42.5 Å². The molecule has 2 N–H and O–H groups in total. The molecule has 3 aliphatic heterocycles. The lowest BCUT2D eigenvalue weighted by Crippen LogP contribution is -2.50. The van der Waals surface area contributed by atoms with E-state index < -0.39 is 55.8 Å². The van der Waals surface area contributed by atoms with Crippen LogP contribution in [-0.2, 0) is 23.9 Å². The van der Waals surface area contributed by atoms with Crippen molar-refractivity contribution in [2.45, 2.75) is 41.1 Å². The number of hydrogen-bond acceptors (Lipinski definition) is 7. The van der Waals surface area contributed by atoms with Gasteiger partial charge in [0.15, 0.2) is 33.2 Å². The fourth-order valence-electron chi connectivity index (χ4n) is 4.32. The first-order chi connectivity index (χ1) is 15.0. The Balaban J connectivity index is 1.39. The number of carbonyl (C=O) groups is 2. The van der Waals surface area contributed by atoms with Gasteiger partial charge in [-0.2, -0.15) is 0 Å². The van der Waals surface area contributed by atoms with Crippen molar-refractivity contribution in [2.75, 3.05) is 6.61 Å². The molecule has 5 unspecified atom stereocenters. The summed E-state index contributed by atoms with van der Waals surface area (Å²) in [5.41, 5.74) is 2.83. The van der Waals surface area contributed by atoms with E-state index >= 15 is 0 Å². The second-order valence-corrected chi connectivity index (χ2v) is 9.78. The van der Waals surface area contributed by atoms with Gasteiger partial charge < -0.3 is 24.6 Å². The quantitative estimate of drug-likeness (QED) is 0.340. The molecule has 0 aromatic heterocycles. The second-order valence-electron chi connectivity index (χ2n) is 7.83. The molecule has 0 saturated carbocycles. The van der Waals surface area contributed by atoms with Gasteiger partial charge in [0.1, 0.15) is 22.2 Å². The lowest BCUT2D eigenvalue weighted by Gasteiger charge is -2.35. The molecule has 0 aliphatic carbocycles. The molecule has 2 aromatic carbocycles. The predicted molar refractivity (Wildman–Crippen MR) is 115 cm³/mol. The van der Waals surface area contributed by atoms with E-state index in [-0.39, 0.29) is 18.2 Å². The molecule has 1 amide bonds. The summed E-state index contributed by atoms with van der Waals surface area (Å²) in [7, 11) is 0. The van der Waals surface area contributed by atoms with Crippen LogP contribution in [0.3, 0.4) is 0 Å². The Morgan fingerprint density at radius 2 is 1.87 bits per heavy atom. The Hall–Kier alpha value is -2.05. The number of ketones is 1. The van der Waals surface area contributed by atoms with Gasteiger partial charge >= 0.3 is 0 Å². The minimum atomic E-state index is -1.73. The highest BCUT2D eigenvalue weighted by molar-refractivity contribution is 14.1. The van der Waals surface area contributed by atoms with E-state index in [4.69, 9.17) is 9.47 Å². The van der Waals surface area contributed by atoms with Crippen LogP contribution in [0.15, 0.2) is 48.5 Å². The molecular formula is C22H20INO7. The summed E-state index contributed by atoms with van der Waals surface area (Å²) in [4.78, 5) is 27.3. The zero-order valence-electron chi connectivity index (χ0n) is 16.3. The third-order valence-electron chi connectivity index (χ3n) is 5.94. The van der Waals surface area contributed by atoms with E-state index in [2.05, 4.69) is 0 Å². The first-order valence-electron chi connectivity index (χ1n) is 9.91. The Kier molecular flexibility index (Phi) is 5.47. The Labute approximate surface area is 188 Å². The summed E-state index contributed by atoms with van der Waals surface area (Å²) < 4.78 is 22.0. The molecule has 8 nitrogen and oxygen atoms in total. The van der Waals surface area contributed by atoms with Crippen molar-refractivity contribution in [1.82, 2.24) is 4.90 Å². The van der Waals surface area contributed by atoms with Crippen LogP contribution in [0.4, 0.5) is 0 Å². The van der Waals surface area contributed by atoms with Crippen LogP contribution in [0.25, 0.3) is 0 Å². The molecular weight excluding hydrogens is 517 g/mol. The fraction of sp³-hybridized carbons (Fsp3) is 0.364. The fourth-order valence-corrected chi connectivity index (χ4v) is 5.67. The molecule has 3 heterocycles. The number of nitrogens with zero attached hydrogens (tertiary/aromatic N) is 1. The van der Waals surface area contributed by atoms with Gasteiger partial charge in [0, 0.05) is 12.1 Å². The zero-order chi connectivity index (χ0) is 21.7. The van der Waals surface area contributed by atoms with E-state index in [9.17, 15) is 22.9 Å². The Morgan fingerprint density at radius 1 is 1.06 bits per heavy atom. The van der Waals surface area contributed by atoms with Crippen LogP contribution in [-0.4, -0.2) is 55.8 Å². The smallest absolute Gasteiger partial charge is 0.256 e. The molecule has 3 aliphatic rings. The SMILES string of the molecule is O=IC1C(O)C(=O)C(c2cccc(CN3C(=O)c4ccccc4C4OC43)c2)O[C@@H]1CO. The molecule has 0 radical (unpaired) electrons. The van der Waals surface area contributed by atoms with Crippen molar-refractivity contribution in [3.8, 4) is 0 Å². The minimum absolute atomic E-state index is 0.109. The first kappa shape index (κ1) is 20.8. The maximum absolute atomic E-state index is 13.0. The third-order valence-corrected chi connectivity index (χ3v) is 8.01. The summed E-state index contributed by atoms with van der Waals surface area (Å²) >= 11 is -1.73. The lowest BCUT2D eigenvalue weighted by atomic mass is 9.93. The molecule has 2 saturated heterocycles. The number of alkyl halides is 1. The molecule has 5 rings (SSSR count). The average molecular weight is 537 g/mol. The monoisotopic (exact) mass is 537 g/mol. The van der Waals surface area contributed by atoms with Crippen LogP contribution in [0.5, 0.6) is 0 Å². The van der Waals surface area contributed by atoms with Gasteiger partial charge in [0.05, 0.1) is 12.7 Å². The van der Waals surface area contributed by atoms with Gasteiger partial charge in [0.2, 0.25) is 0 Å². The van der Waals surface area contributed by atoms with E-state index in [1.165, 1.54) is 0 Å². The van der Waals surface area contributed by atoms with Crippen molar-refractivity contribution < 1.29 is 32.3 Å². The van der Waals surface area contributed by atoms with Crippen molar-refractivity contribution in [3.63, 3.8) is 0 Å². The number of aliphatic hydroxyl groups excluding tert-OH is 2. The zero-order valence-corrected chi connectivity index (χ0v) is 18.4. The summed E-state index contributed by atoms with van der Waals surface area (Å²) in [6.07, 6.45) is -3.80. The van der Waals surface area contributed by atoms with Gasteiger partial charge in [-0.15, -0.1) is 0 Å². The van der Waals surface area contributed by atoms with Crippen molar-refractivity contribution in [2.24, 2.45) is 0 Å². The normalized spacial score (nSPS) is 31.9. The molecule has 0 bridgehead atoms. The van der Waals surface area contributed by atoms with Crippen LogP contribution in [0.1, 0.15) is 39.3 Å². The second kappa shape index (κ2) is 8.14. The van der Waals surface area contributed by atoms with E-state index in [1.807, 2.05) is 24.3 Å². The number of fused-ring (bicyclic) bond motifs is 3. The highest BCUT2D eigenvalue weighted by Crippen LogP contribution is 2.47. The number of carbonyl (C=O) groups excluding carboxylic acids is 2. The van der Waals surface area contributed by atoms with Gasteiger partial charge in [-0.25, -0.2) is 0 Å². The van der Waals surface area contributed by atoms with E-state index in [0.29, 0.717) is 17.7 Å². The highest BCUT2D eigenvalue weighted by atomic mass is 127. The molecule has 31 heavy (non-hydrogen) atoms. The molecule has 2 aromatic rings. The van der Waals surface area contributed by atoms with Gasteiger partial charge in [0.25, 0.3) is 5.91 Å². The standard InChI is InChI=1S/C22H20INO7/c25-10-15-16(23-29)17(26)18(27)19(30-15)12-5-3-4-11(8-12)9-24-21(28)14-7-2-1-6-13(14)20-22(24)31-20/h1-8,15-17,19-20,22,25-26H,9-10H2/t15-,16?,17?,19?,20?,22?/m1/s1. The first-order valence-corrected chi connectivity index (χ1v) is 12.0. The number of ether oxygens (including phenoxy) is 2. The Bertz CT molecular complexity index is 1060. The topological polar surface area (TPSA) is 117 Å². The maximum Gasteiger partial charge on any atom is 0.256 e. The van der Waals surface area contributed by atoms with E-state index in [1.54, 1.807) is 29.2 Å². The van der Waals surface area contributed by atoms with Crippen molar-refractivity contribution in [1.29, 1.82) is 0 Å². The van der Waals surface area contributed by atoms with Crippen molar-refractivity contribution in [3.05, 3.63) is 70.8 Å². The van der Waals surface area contributed by atoms with Crippen LogP contribution in [0.2, 0.25) is 0 Å². The largest absolute Gasteiger partial charge is 0.394 e. The number of aliphatic hydroxyl groups is 2. The molecule has 0 spiro atoms. The molecule has 2 fully saturated rings. The summed E-state index contributed by atoms with van der Waals surface area (Å²) in [5.74, 6) is -0.682. The average Bonchev–Trinajstić information content (AvgIpc) is 3.59. The predicted octanol–water partition coefficient (Wildman–Crippen LogP) is 1.79. The lowest BCUT2D eigenvalue weighted by molar-refractivity contribution is -0.158. The number of benzene rings is 2. The third kappa shape index (κ3) is 3.54. The minimum Gasteiger partial charge on any atom is -0.394 e. The summed E-state index contributed by atoms with van der Waals surface area (Å²) in [6, 6.07) is 14.4. The molecule has 162 valence electrons.